The predicted molar refractivity (Wildman–Crippen MR) is 66.3 cm³/mol. The summed E-state index contributed by atoms with van der Waals surface area (Å²) in [5, 5.41) is 13.3. The lowest BCUT2D eigenvalue weighted by atomic mass is 9.82. The van der Waals surface area contributed by atoms with Crippen LogP contribution in [0.25, 0.3) is 0 Å². The summed E-state index contributed by atoms with van der Waals surface area (Å²) in [6.07, 6.45) is 1.99. The number of rotatable bonds is 3. The number of aromatic nitrogens is 2. The zero-order valence-electron chi connectivity index (χ0n) is 10.3. The summed E-state index contributed by atoms with van der Waals surface area (Å²) >= 11 is 0. The summed E-state index contributed by atoms with van der Waals surface area (Å²) < 4.78 is 5.25. The lowest BCUT2D eigenvalue weighted by Gasteiger charge is -2.27. The van der Waals surface area contributed by atoms with E-state index in [1.165, 1.54) is 11.1 Å². The van der Waals surface area contributed by atoms with Gasteiger partial charge in [-0.05, 0) is 25.3 Å². The molecule has 1 heterocycles. The van der Waals surface area contributed by atoms with E-state index in [9.17, 15) is 5.11 Å². The van der Waals surface area contributed by atoms with Gasteiger partial charge in [0.1, 0.15) is 0 Å². The number of hydrogen-bond donors (Lipinski definition) is 1. The fourth-order valence-corrected chi connectivity index (χ4v) is 2.30. The van der Waals surface area contributed by atoms with Gasteiger partial charge in [-0.3, -0.25) is 0 Å². The number of aryl methyl sites for hydroxylation is 1. The molecule has 0 aliphatic heterocycles. The van der Waals surface area contributed by atoms with Crippen LogP contribution in [0, 0.1) is 6.92 Å². The third kappa shape index (κ3) is 2.29. The standard InChI is InChI=1S/C14H16N2O2/c1-9-3-2-4-10(5-9)6-13-15-14(18-16-13)11-7-12(17)8-11/h2-5,11-12,17H,6-8H2,1H3. The molecular formula is C14H16N2O2. The fourth-order valence-electron chi connectivity index (χ4n) is 2.30. The molecule has 3 rings (SSSR count). The monoisotopic (exact) mass is 244 g/mol. The average molecular weight is 244 g/mol. The van der Waals surface area contributed by atoms with Crippen molar-refractivity contribution < 1.29 is 9.63 Å². The van der Waals surface area contributed by atoms with Crippen LogP contribution in [0.4, 0.5) is 0 Å². The molecule has 0 atom stereocenters. The van der Waals surface area contributed by atoms with Crippen molar-refractivity contribution in [3.63, 3.8) is 0 Å². The molecule has 0 radical (unpaired) electrons. The van der Waals surface area contributed by atoms with Gasteiger partial charge in [-0.1, -0.05) is 35.0 Å². The van der Waals surface area contributed by atoms with E-state index < -0.39 is 0 Å². The Morgan fingerprint density at radius 3 is 2.94 bits per heavy atom. The number of aliphatic hydroxyl groups is 1. The Morgan fingerprint density at radius 1 is 1.39 bits per heavy atom. The van der Waals surface area contributed by atoms with Gasteiger partial charge in [0.05, 0.1) is 6.10 Å². The van der Waals surface area contributed by atoms with E-state index >= 15 is 0 Å². The van der Waals surface area contributed by atoms with Crippen LogP contribution in [-0.4, -0.2) is 21.4 Å². The molecule has 2 aromatic rings. The fraction of sp³-hybridized carbons (Fsp3) is 0.429. The zero-order valence-corrected chi connectivity index (χ0v) is 10.3. The van der Waals surface area contributed by atoms with Gasteiger partial charge >= 0.3 is 0 Å². The third-order valence-electron chi connectivity index (χ3n) is 3.39. The molecule has 0 unspecified atom stereocenters. The lowest BCUT2D eigenvalue weighted by molar-refractivity contribution is 0.0625. The van der Waals surface area contributed by atoms with Gasteiger partial charge < -0.3 is 9.63 Å². The van der Waals surface area contributed by atoms with Crippen molar-refractivity contribution in [2.24, 2.45) is 0 Å². The minimum absolute atomic E-state index is 0.192. The molecule has 0 saturated heterocycles. The summed E-state index contributed by atoms with van der Waals surface area (Å²) in [6.45, 7) is 2.07. The van der Waals surface area contributed by atoms with E-state index in [1.807, 2.05) is 6.07 Å². The van der Waals surface area contributed by atoms with Crippen LogP contribution in [-0.2, 0) is 6.42 Å². The Hall–Kier alpha value is -1.68. The summed E-state index contributed by atoms with van der Waals surface area (Å²) in [4.78, 5) is 4.40. The van der Waals surface area contributed by atoms with Crippen molar-refractivity contribution in [3.8, 4) is 0 Å². The van der Waals surface area contributed by atoms with Crippen LogP contribution in [0.2, 0.25) is 0 Å². The maximum absolute atomic E-state index is 9.26. The topological polar surface area (TPSA) is 59.2 Å². The lowest BCUT2D eigenvalue weighted by Crippen LogP contribution is -2.26. The van der Waals surface area contributed by atoms with Crippen LogP contribution in [0.1, 0.15) is 41.6 Å². The summed E-state index contributed by atoms with van der Waals surface area (Å²) in [5.74, 6) is 1.64. The first-order valence-electron chi connectivity index (χ1n) is 6.27. The summed E-state index contributed by atoms with van der Waals surface area (Å²) in [5.41, 5.74) is 2.43. The van der Waals surface area contributed by atoms with E-state index in [-0.39, 0.29) is 12.0 Å². The maximum Gasteiger partial charge on any atom is 0.229 e. The first-order valence-corrected chi connectivity index (χ1v) is 6.27. The molecule has 1 N–H and O–H groups in total. The Kier molecular flexibility index (Phi) is 2.88. The first kappa shape index (κ1) is 11.4. The SMILES string of the molecule is Cc1cccc(Cc2noc(C3CC(O)C3)n2)c1. The van der Waals surface area contributed by atoms with Crippen LogP contribution in [0.5, 0.6) is 0 Å². The molecule has 18 heavy (non-hydrogen) atoms. The molecular weight excluding hydrogens is 228 g/mol. The van der Waals surface area contributed by atoms with Gasteiger partial charge in [0.25, 0.3) is 0 Å². The van der Waals surface area contributed by atoms with E-state index in [0.29, 0.717) is 12.3 Å². The van der Waals surface area contributed by atoms with Crippen molar-refractivity contribution in [1.29, 1.82) is 0 Å². The number of nitrogens with zero attached hydrogens (tertiary/aromatic N) is 2. The first-order chi connectivity index (χ1) is 8.70. The van der Waals surface area contributed by atoms with Gasteiger partial charge in [0, 0.05) is 12.3 Å². The molecule has 1 fully saturated rings. The minimum Gasteiger partial charge on any atom is -0.393 e. The molecule has 0 amide bonds. The van der Waals surface area contributed by atoms with Crippen molar-refractivity contribution in [3.05, 3.63) is 47.1 Å². The summed E-state index contributed by atoms with van der Waals surface area (Å²) in [7, 11) is 0. The molecule has 0 spiro atoms. The van der Waals surface area contributed by atoms with Crippen molar-refractivity contribution in [1.82, 2.24) is 10.1 Å². The highest BCUT2D eigenvalue weighted by Crippen LogP contribution is 2.35. The Balaban J connectivity index is 1.70. The highest BCUT2D eigenvalue weighted by atomic mass is 16.5. The highest BCUT2D eigenvalue weighted by Gasteiger charge is 2.32. The predicted octanol–water partition coefficient (Wildman–Crippen LogP) is 2.21. The number of benzene rings is 1. The molecule has 1 aliphatic rings. The van der Waals surface area contributed by atoms with Gasteiger partial charge in [-0.15, -0.1) is 0 Å². The van der Waals surface area contributed by atoms with Gasteiger partial charge in [0.15, 0.2) is 5.82 Å². The van der Waals surface area contributed by atoms with Gasteiger partial charge in [-0.2, -0.15) is 4.98 Å². The molecule has 1 aromatic carbocycles. The third-order valence-corrected chi connectivity index (χ3v) is 3.39. The Morgan fingerprint density at radius 2 is 2.22 bits per heavy atom. The van der Waals surface area contributed by atoms with Crippen molar-refractivity contribution in [2.75, 3.05) is 0 Å². The highest BCUT2D eigenvalue weighted by molar-refractivity contribution is 5.24. The second-order valence-corrected chi connectivity index (χ2v) is 5.04. The molecule has 1 aliphatic carbocycles. The minimum atomic E-state index is -0.192. The number of aliphatic hydroxyl groups excluding tert-OH is 1. The van der Waals surface area contributed by atoms with Crippen LogP contribution < -0.4 is 0 Å². The molecule has 0 bridgehead atoms. The second-order valence-electron chi connectivity index (χ2n) is 5.04. The number of hydrogen-bond acceptors (Lipinski definition) is 4. The largest absolute Gasteiger partial charge is 0.393 e. The Bertz CT molecular complexity index is 544. The van der Waals surface area contributed by atoms with Gasteiger partial charge in [-0.25, -0.2) is 0 Å². The normalized spacial score (nSPS) is 22.8. The van der Waals surface area contributed by atoms with Crippen LogP contribution >= 0.6 is 0 Å². The van der Waals surface area contributed by atoms with Crippen molar-refractivity contribution >= 4 is 0 Å². The molecule has 94 valence electrons. The summed E-state index contributed by atoms with van der Waals surface area (Å²) in [6, 6.07) is 8.30. The molecule has 1 saturated carbocycles. The van der Waals surface area contributed by atoms with Gasteiger partial charge in [0.2, 0.25) is 5.89 Å². The second kappa shape index (κ2) is 4.53. The van der Waals surface area contributed by atoms with E-state index in [1.54, 1.807) is 0 Å². The average Bonchev–Trinajstić information content (AvgIpc) is 2.73. The smallest absolute Gasteiger partial charge is 0.229 e. The zero-order chi connectivity index (χ0) is 12.5. The van der Waals surface area contributed by atoms with E-state index in [2.05, 4.69) is 35.3 Å². The van der Waals surface area contributed by atoms with E-state index in [4.69, 9.17) is 4.52 Å². The van der Waals surface area contributed by atoms with Crippen molar-refractivity contribution in [2.45, 2.75) is 38.2 Å². The molecule has 4 nitrogen and oxygen atoms in total. The maximum atomic E-state index is 9.26. The van der Waals surface area contributed by atoms with Crippen LogP contribution in [0.3, 0.4) is 0 Å². The van der Waals surface area contributed by atoms with Crippen LogP contribution in [0.15, 0.2) is 28.8 Å². The Labute approximate surface area is 106 Å². The van der Waals surface area contributed by atoms with E-state index in [0.717, 1.165) is 18.7 Å². The quantitative estimate of drug-likeness (QED) is 0.899. The molecule has 1 aromatic heterocycles. The molecule has 4 heteroatoms.